The molecule has 6 atom stereocenters. The molecule has 1 spiro atoms. The van der Waals surface area contributed by atoms with Gasteiger partial charge in [-0.2, -0.15) is 0 Å². The minimum atomic E-state index is -0.677. The Bertz CT molecular complexity index is 1140. The number of nitrogens with zero attached hydrogens (tertiary/aromatic N) is 1. The number of unbranched alkanes of at least 4 members (excludes halogenated alkanes) is 3. The number of alkyl halides is 1. The third-order valence-corrected chi connectivity index (χ3v) is 11.7. The Morgan fingerprint density at radius 3 is 2.38 bits per heavy atom. The normalized spacial score (nSPS) is 28.6. The van der Waals surface area contributed by atoms with Crippen LogP contribution in [-0.4, -0.2) is 73.9 Å². The molecule has 10 heteroatoms. The predicted octanol–water partition coefficient (Wildman–Crippen LogP) is 5.37. The molecule has 1 aromatic rings. The molecule has 3 aliphatic rings. The van der Waals surface area contributed by atoms with E-state index in [1.54, 1.807) is 16.7 Å². The van der Waals surface area contributed by atoms with E-state index in [9.17, 15) is 19.5 Å². The Balaban J connectivity index is 1.61. The van der Waals surface area contributed by atoms with Crippen molar-refractivity contribution in [1.82, 2.24) is 10.2 Å². The molecular weight excluding hydrogens is 618 g/mol. The number of carbonyl (C=O) groups is 3. The van der Waals surface area contributed by atoms with E-state index in [1.807, 2.05) is 45.0 Å². The highest BCUT2D eigenvalue weighted by atomic mass is 79.9. The second-order valence-corrected chi connectivity index (χ2v) is 16.6. The lowest BCUT2D eigenvalue weighted by molar-refractivity contribution is -0.139. The fourth-order valence-corrected chi connectivity index (χ4v) is 11.1. The Labute approximate surface area is 263 Å². The van der Waals surface area contributed by atoms with Crippen molar-refractivity contribution < 1.29 is 24.2 Å². The molecule has 3 aliphatic heterocycles. The molecule has 3 N–H and O–H groups in total. The molecule has 0 aliphatic carbocycles. The van der Waals surface area contributed by atoms with Crippen LogP contribution < -0.4 is 15.4 Å². The lowest BCUT2D eigenvalue weighted by Gasteiger charge is -2.39. The molecule has 234 valence electrons. The summed E-state index contributed by atoms with van der Waals surface area (Å²) in [7, 11) is 0. The number of hydrogen-bond donors (Lipinski definition) is 3. The van der Waals surface area contributed by atoms with E-state index >= 15 is 0 Å². The van der Waals surface area contributed by atoms with E-state index in [2.05, 4.69) is 47.3 Å². The minimum Gasteiger partial charge on any atom is -0.494 e. The predicted molar refractivity (Wildman–Crippen MR) is 172 cm³/mol. The van der Waals surface area contributed by atoms with Gasteiger partial charge in [0, 0.05) is 34.5 Å². The Hall–Kier alpha value is -1.78. The molecule has 8 nitrogen and oxygen atoms in total. The minimum absolute atomic E-state index is 0.0149. The topological polar surface area (TPSA) is 108 Å². The van der Waals surface area contributed by atoms with Crippen LogP contribution in [0.15, 0.2) is 24.3 Å². The maximum absolute atomic E-state index is 14.3. The number of halogens is 1. The van der Waals surface area contributed by atoms with Crippen molar-refractivity contribution in [3.63, 3.8) is 0 Å². The van der Waals surface area contributed by atoms with E-state index in [4.69, 9.17) is 4.74 Å². The summed E-state index contributed by atoms with van der Waals surface area (Å²) in [6.45, 7) is 13.7. The lowest BCUT2D eigenvalue weighted by Crippen LogP contribution is -2.58. The Morgan fingerprint density at radius 2 is 1.76 bits per heavy atom. The van der Waals surface area contributed by atoms with Gasteiger partial charge in [0.2, 0.25) is 17.7 Å². The first-order valence-corrected chi connectivity index (χ1v) is 17.1. The number of likely N-dealkylation sites (tertiary alicyclic amines) is 1. The van der Waals surface area contributed by atoms with Crippen molar-refractivity contribution in [3.05, 3.63) is 24.3 Å². The van der Waals surface area contributed by atoms with Crippen LogP contribution in [0.5, 0.6) is 5.75 Å². The van der Waals surface area contributed by atoms with Crippen molar-refractivity contribution >= 4 is 51.1 Å². The van der Waals surface area contributed by atoms with Crippen LogP contribution in [0.1, 0.15) is 80.1 Å². The van der Waals surface area contributed by atoms with E-state index in [-0.39, 0.29) is 39.8 Å². The molecule has 0 saturated carbocycles. The van der Waals surface area contributed by atoms with Crippen LogP contribution in [0, 0.1) is 17.3 Å². The van der Waals surface area contributed by atoms with Gasteiger partial charge in [0.25, 0.3) is 0 Å². The largest absolute Gasteiger partial charge is 0.494 e. The number of nitrogens with one attached hydrogen (secondary N) is 2. The number of amides is 3. The number of benzene rings is 1. The summed E-state index contributed by atoms with van der Waals surface area (Å²) in [5.41, 5.74) is 0.210. The van der Waals surface area contributed by atoms with Crippen LogP contribution >= 0.6 is 27.7 Å². The summed E-state index contributed by atoms with van der Waals surface area (Å²) in [6, 6.07) is 6.62. The molecule has 3 unspecified atom stereocenters. The van der Waals surface area contributed by atoms with Gasteiger partial charge in [0.1, 0.15) is 11.8 Å². The first-order chi connectivity index (χ1) is 19.7. The molecule has 0 radical (unpaired) electrons. The quantitative estimate of drug-likeness (QED) is 0.193. The maximum atomic E-state index is 14.3. The van der Waals surface area contributed by atoms with E-state index < -0.39 is 28.2 Å². The summed E-state index contributed by atoms with van der Waals surface area (Å²) >= 11 is 5.50. The van der Waals surface area contributed by atoms with E-state index in [1.165, 1.54) is 0 Å². The highest BCUT2D eigenvalue weighted by molar-refractivity contribution is 9.09. The molecular formula is C32H48BrN3O5S. The molecule has 4 rings (SSSR count). The SMILES string of the molecule is CCOc1ccc(NC(=O)[C@H]2[C@H]3C(=O)N(CCCCCCO)C(C(=O)NC(C)(C)CC(C)(C)C)C34CC(Br)[C@@H]2S4)cc1. The third kappa shape index (κ3) is 6.96. The van der Waals surface area contributed by atoms with Gasteiger partial charge >= 0.3 is 0 Å². The van der Waals surface area contributed by atoms with Crippen LogP contribution in [0.4, 0.5) is 5.69 Å². The van der Waals surface area contributed by atoms with Crippen molar-refractivity contribution in [2.45, 2.75) is 106 Å². The smallest absolute Gasteiger partial charge is 0.244 e. The lowest BCUT2D eigenvalue weighted by atomic mass is 9.70. The molecule has 3 amide bonds. The fraction of sp³-hybridized carbons (Fsp3) is 0.719. The van der Waals surface area contributed by atoms with Crippen molar-refractivity contribution in [3.8, 4) is 5.75 Å². The summed E-state index contributed by atoms with van der Waals surface area (Å²) in [6.07, 6.45) is 4.65. The standard InChI is InChI=1S/C32H48BrN3O5S/c1-7-41-21-14-12-20(13-15-21)34-27(38)23-24-29(40)36(16-10-8-9-11-17-37)26(32(24)18-22(33)25(23)42-32)28(39)35-31(5,6)19-30(2,3)4/h12-15,22-26,37H,7-11,16-19H2,1-6H3,(H,34,38)(H,35,39)/t22?,23-,24-,25-,26?,32?/m0/s1. The number of thioether (sulfide) groups is 1. The van der Waals surface area contributed by atoms with Gasteiger partial charge in [-0.1, -0.05) is 49.5 Å². The second-order valence-electron chi connectivity index (χ2n) is 13.9. The van der Waals surface area contributed by atoms with Gasteiger partial charge in [0.15, 0.2) is 0 Å². The first-order valence-electron chi connectivity index (χ1n) is 15.3. The zero-order valence-electron chi connectivity index (χ0n) is 25.9. The maximum Gasteiger partial charge on any atom is 0.244 e. The number of aliphatic hydroxyl groups is 1. The zero-order chi connectivity index (χ0) is 30.9. The highest BCUT2D eigenvalue weighted by Crippen LogP contribution is 2.67. The molecule has 2 bridgehead atoms. The van der Waals surface area contributed by atoms with Gasteiger partial charge in [-0.3, -0.25) is 14.4 Å². The summed E-state index contributed by atoms with van der Waals surface area (Å²) in [4.78, 5) is 44.2. The number of anilines is 1. The number of aliphatic hydroxyl groups excluding tert-OH is 1. The van der Waals surface area contributed by atoms with Gasteiger partial charge in [-0.15, -0.1) is 11.8 Å². The van der Waals surface area contributed by atoms with Gasteiger partial charge in [-0.25, -0.2) is 0 Å². The van der Waals surface area contributed by atoms with Gasteiger partial charge in [0.05, 0.1) is 23.2 Å². The molecule has 0 aromatic heterocycles. The summed E-state index contributed by atoms with van der Waals surface area (Å²) in [5.74, 6) is -0.789. The monoisotopic (exact) mass is 665 g/mol. The molecule has 3 saturated heterocycles. The van der Waals surface area contributed by atoms with Crippen LogP contribution in [0.2, 0.25) is 0 Å². The summed E-state index contributed by atoms with van der Waals surface area (Å²) < 4.78 is 4.85. The van der Waals surface area contributed by atoms with E-state index in [0.29, 0.717) is 25.3 Å². The molecule has 1 aromatic carbocycles. The third-order valence-electron chi connectivity index (χ3n) is 8.51. The second kappa shape index (κ2) is 13.1. The van der Waals surface area contributed by atoms with E-state index in [0.717, 1.165) is 37.9 Å². The summed E-state index contributed by atoms with van der Waals surface area (Å²) in [5, 5.41) is 15.4. The van der Waals surface area contributed by atoms with Crippen LogP contribution in [0.3, 0.4) is 0 Å². The fourth-order valence-electron chi connectivity index (χ4n) is 7.52. The molecule has 42 heavy (non-hydrogen) atoms. The average Bonchev–Trinajstić information content (AvgIpc) is 3.47. The Kier molecular flexibility index (Phi) is 10.3. The number of carbonyl (C=O) groups excluding carboxylic acids is 3. The molecule has 3 heterocycles. The van der Waals surface area contributed by atoms with Crippen molar-refractivity contribution in [2.75, 3.05) is 25.1 Å². The van der Waals surface area contributed by atoms with Crippen LogP contribution in [-0.2, 0) is 14.4 Å². The Morgan fingerprint density at radius 1 is 1.10 bits per heavy atom. The first kappa shape index (κ1) is 33.1. The number of hydrogen-bond acceptors (Lipinski definition) is 6. The van der Waals surface area contributed by atoms with Gasteiger partial charge in [-0.05, 0) is 76.1 Å². The van der Waals surface area contributed by atoms with Crippen LogP contribution in [0.25, 0.3) is 0 Å². The highest BCUT2D eigenvalue weighted by Gasteiger charge is 2.75. The van der Waals surface area contributed by atoms with Crippen molar-refractivity contribution in [2.24, 2.45) is 17.3 Å². The number of rotatable bonds is 13. The molecule has 3 fully saturated rings. The van der Waals surface area contributed by atoms with Gasteiger partial charge < -0.3 is 25.4 Å². The van der Waals surface area contributed by atoms with Crippen molar-refractivity contribution in [1.29, 1.82) is 0 Å². The number of ether oxygens (including phenoxy) is 1. The number of fused-ring (bicyclic) bond motifs is 1. The zero-order valence-corrected chi connectivity index (χ0v) is 28.3. The average molecular weight is 667 g/mol.